The van der Waals surface area contributed by atoms with E-state index in [-0.39, 0.29) is 5.89 Å². The topological polar surface area (TPSA) is 112 Å². The molecule has 182 valence electrons. The van der Waals surface area contributed by atoms with Crippen LogP contribution in [-0.2, 0) is 10.2 Å². The van der Waals surface area contributed by atoms with Crippen LogP contribution < -0.4 is 10.5 Å². The minimum Gasteiger partial charge on any atom is -0.391 e. The molecule has 1 aromatic heterocycles. The van der Waals surface area contributed by atoms with Crippen LogP contribution >= 0.6 is 0 Å². The Morgan fingerprint density at radius 1 is 1.18 bits per heavy atom. The number of aromatic nitrogens is 2. The van der Waals surface area contributed by atoms with Crippen LogP contribution in [0.1, 0.15) is 67.1 Å². The number of halogens is 1. The van der Waals surface area contributed by atoms with Crippen LogP contribution in [-0.4, -0.2) is 60.0 Å². The van der Waals surface area contributed by atoms with Gasteiger partial charge in [-0.15, -0.1) is 5.10 Å². The predicted molar refractivity (Wildman–Crippen MR) is 122 cm³/mol. The molecule has 1 aromatic carbocycles. The van der Waals surface area contributed by atoms with Crippen molar-refractivity contribution in [3.8, 4) is 0 Å². The summed E-state index contributed by atoms with van der Waals surface area (Å²) in [4.78, 5) is 14.1. The molecular weight excluding hydrogens is 449 g/mol. The monoisotopic (exact) mass is 481 g/mol. The highest BCUT2D eigenvalue weighted by atomic mass is 32.2. The smallest absolute Gasteiger partial charge is 0.391 e. The van der Waals surface area contributed by atoms with Crippen molar-refractivity contribution in [2.75, 3.05) is 26.2 Å². The zero-order valence-electron chi connectivity index (χ0n) is 19.3. The number of hydrogen-bond donors (Lipinski definition) is 2. The highest BCUT2D eigenvalue weighted by molar-refractivity contribution is 7.87. The zero-order chi connectivity index (χ0) is 23.8. The molecule has 2 aliphatic heterocycles. The number of H-pyrrole nitrogens is 1. The molecule has 0 bridgehead atoms. The standard InChI is InChI=1S/C22H32FN5O4S/c1-14-6-7-18(23)19(15(14)2)16(3)20(21-24-25-22(29)32-21)26-33(30,31)28-12-8-17(9-13-28)27-10-4-5-11-27/h6-7,16-17,20,26H,4-5,8-13H2,1-3H3,(H,25,29)/t16-,20+/m1/s1. The second kappa shape index (κ2) is 9.65. The van der Waals surface area contributed by atoms with Gasteiger partial charge < -0.3 is 9.32 Å². The maximum absolute atomic E-state index is 14.8. The third-order valence-corrected chi connectivity index (χ3v) is 8.70. The van der Waals surface area contributed by atoms with Crippen molar-refractivity contribution in [2.24, 2.45) is 0 Å². The van der Waals surface area contributed by atoms with E-state index in [4.69, 9.17) is 4.42 Å². The highest BCUT2D eigenvalue weighted by Crippen LogP contribution is 2.35. The van der Waals surface area contributed by atoms with E-state index in [1.54, 1.807) is 19.9 Å². The fourth-order valence-corrected chi connectivity index (χ4v) is 6.53. The summed E-state index contributed by atoms with van der Waals surface area (Å²) in [5.74, 6) is -2.04. The van der Waals surface area contributed by atoms with Gasteiger partial charge >= 0.3 is 5.76 Å². The average Bonchev–Trinajstić information content (AvgIpc) is 3.47. The predicted octanol–water partition coefficient (Wildman–Crippen LogP) is 2.36. The molecule has 9 nitrogen and oxygen atoms in total. The molecule has 11 heteroatoms. The first-order valence-corrected chi connectivity index (χ1v) is 12.9. The quantitative estimate of drug-likeness (QED) is 0.628. The molecule has 2 fully saturated rings. The van der Waals surface area contributed by atoms with Crippen LogP contribution in [0.15, 0.2) is 21.3 Å². The van der Waals surface area contributed by atoms with Crippen molar-refractivity contribution < 1.29 is 17.2 Å². The van der Waals surface area contributed by atoms with Gasteiger partial charge in [0, 0.05) is 25.0 Å². The Morgan fingerprint density at radius 2 is 1.85 bits per heavy atom. The first kappa shape index (κ1) is 24.1. The third kappa shape index (κ3) is 5.06. The second-order valence-electron chi connectivity index (χ2n) is 9.12. The Kier molecular flexibility index (Phi) is 7.04. The van der Waals surface area contributed by atoms with Crippen LogP contribution in [0.5, 0.6) is 0 Å². The second-order valence-corrected chi connectivity index (χ2v) is 10.8. The molecule has 2 N–H and O–H groups in total. The van der Waals surface area contributed by atoms with E-state index >= 15 is 0 Å². The third-order valence-electron chi connectivity index (χ3n) is 7.10. The summed E-state index contributed by atoms with van der Waals surface area (Å²) >= 11 is 0. The number of nitrogens with one attached hydrogen (secondary N) is 2. The molecule has 0 aliphatic carbocycles. The summed E-state index contributed by atoms with van der Waals surface area (Å²) in [5.41, 5.74) is 1.96. The summed E-state index contributed by atoms with van der Waals surface area (Å²) in [6.45, 7) is 8.32. The summed E-state index contributed by atoms with van der Waals surface area (Å²) in [6.07, 6.45) is 3.93. The van der Waals surface area contributed by atoms with Gasteiger partial charge in [-0.3, -0.25) is 0 Å². The van der Waals surface area contributed by atoms with E-state index < -0.39 is 33.7 Å². The van der Waals surface area contributed by atoms with Gasteiger partial charge in [0.1, 0.15) is 11.9 Å². The van der Waals surface area contributed by atoms with E-state index in [2.05, 4.69) is 19.8 Å². The molecule has 2 atom stereocenters. The van der Waals surface area contributed by atoms with Crippen molar-refractivity contribution in [3.63, 3.8) is 0 Å². The molecule has 4 rings (SSSR count). The van der Waals surface area contributed by atoms with Crippen LogP contribution in [0.4, 0.5) is 4.39 Å². The summed E-state index contributed by atoms with van der Waals surface area (Å²) in [6, 6.07) is 2.39. The summed E-state index contributed by atoms with van der Waals surface area (Å²) in [7, 11) is -3.93. The molecule has 0 radical (unpaired) electrons. The van der Waals surface area contributed by atoms with Crippen LogP contribution in [0.3, 0.4) is 0 Å². The van der Waals surface area contributed by atoms with E-state index in [1.807, 2.05) is 6.92 Å². The van der Waals surface area contributed by atoms with Gasteiger partial charge in [0.05, 0.1) is 0 Å². The molecule has 0 unspecified atom stereocenters. The van der Waals surface area contributed by atoms with Gasteiger partial charge in [-0.05, 0) is 75.4 Å². The lowest BCUT2D eigenvalue weighted by molar-refractivity contribution is 0.166. The van der Waals surface area contributed by atoms with E-state index in [0.29, 0.717) is 24.7 Å². The summed E-state index contributed by atoms with van der Waals surface area (Å²) in [5, 5.41) is 6.04. The van der Waals surface area contributed by atoms with Crippen molar-refractivity contribution in [3.05, 3.63) is 51.1 Å². The number of hydrogen-bond acceptors (Lipinski definition) is 6. The minimum atomic E-state index is -3.93. The van der Waals surface area contributed by atoms with Gasteiger partial charge in [-0.2, -0.15) is 17.4 Å². The number of piperidine rings is 1. The Labute approximate surface area is 193 Å². The Hall–Kier alpha value is -2.08. The van der Waals surface area contributed by atoms with Crippen LogP contribution in [0.2, 0.25) is 0 Å². The fraction of sp³-hybridized carbons (Fsp3) is 0.636. The number of aromatic amines is 1. The van der Waals surface area contributed by atoms with Crippen molar-refractivity contribution in [1.82, 2.24) is 24.1 Å². The van der Waals surface area contributed by atoms with Crippen molar-refractivity contribution >= 4 is 10.2 Å². The molecule has 0 spiro atoms. The number of aryl methyl sites for hydroxylation is 1. The zero-order valence-corrected chi connectivity index (χ0v) is 20.1. The van der Waals surface area contributed by atoms with E-state index in [1.165, 1.54) is 23.2 Å². The van der Waals surface area contributed by atoms with Crippen molar-refractivity contribution in [2.45, 2.75) is 64.5 Å². The van der Waals surface area contributed by atoms with Gasteiger partial charge in [-0.25, -0.2) is 14.3 Å². The molecule has 33 heavy (non-hydrogen) atoms. The number of rotatable bonds is 7. The number of benzene rings is 1. The number of nitrogens with zero attached hydrogens (tertiary/aromatic N) is 3. The lowest BCUT2D eigenvalue weighted by Gasteiger charge is -2.36. The molecular formula is C22H32FN5O4S. The molecule has 2 aromatic rings. The first-order valence-electron chi connectivity index (χ1n) is 11.5. The Bertz CT molecular complexity index is 1130. The number of likely N-dealkylation sites (tertiary alicyclic amines) is 1. The van der Waals surface area contributed by atoms with Crippen LogP contribution in [0.25, 0.3) is 0 Å². The molecule has 2 aliphatic rings. The lowest BCUT2D eigenvalue weighted by Crippen LogP contribution is -2.50. The van der Waals surface area contributed by atoms with E-state index in [0.717, 1.165) is 37.1 Å². The molecule has 3 heterocycles. The summed E-state index contributed by atoms with van der Waals surface area (Å²) < 4.78 is 50.7. The van der Waals surface area contributed by atoms with E-state index in [9.17, 15) is 17.6 Å². The maximum atomic E-state index is 14.8. The molecule has 0 amide bonds. The van der Waals surface area contributed by atoms with Crippen molar-refractivity contribution in [1.29, 1.82) is 0 Å². The Morgan fingerprint density at radius 3 is 2.45 bits per heavy atom. The van der Waals surface area contributed by atoms with Gasteiger partial charge in [-0.1, -0.05) is 13.0 Å². The van der Waals surface area contributed by atoms with Gasteiger partial charge in [0.25, 0.3) is 10.2 Å². The molecule has 2 saturated heterocycles. The average molecular weight is 482 g/mol. The van der Waals surface area contributed by atoms with Gasteiger partial charge in [0.15, 0.2) is 0 Å². The highest BCUT2D eigenvalue weighted by Gasteiger charge is 2.37. The Balaban J connectivity index is 1.57. The minimum absolute atomic E-state index is 0.122. The molecule has 0 saturated carbocycles. The SMILES string of the molecule is Cc1ccc(F)c([C@@H](C)[C@H](NS(=O)(=O)N2CCC(N3CCCC3)CC2)c2n[nH]c(=O)o2)c1C. The maximum Gasteiger partial charge on any atom is 0.434 e. The lowest BCUT2D eigenvalue weighted by atomic mass is 9.88. The first-order chi connectivity index (χ1) is 15.7. The largest absolute Gasteiger partial charge is 0.434 e. The normalized spacial score (nSPS) is 20.8. The van der Waals surface area contributed by atoms with Gasteiger partial charge in [0.2, 0.25) is 5.89 Å². The van der Waals surface area contributed by atoms with Crippen LogP contribution in [0, 0.1) is 19.7 Å². The fourth-order valence-electron chi connectivity index (χ4n) is 5.06.